The van der Waals surface area contributed by atoms with Crippen LogP contribution in [0, 0.1) is 0 Å². The highest BCUT2D eigenvalue weighted by atomic mass is 79.9. The standard InChI is InChI=1S/C16H11BrN2O2/c17-10-3-6-14-12(7-10)13(16(20)21)8-15(19-14)9-1-4-11(18)5-2-9/h1-8H,18H2,(H,20,21). The maximum atomic E-state index is 11.5. The van der Waals surface area contributed by atoms with Crippen molar-refractivity contribution in [3.8, 4) is 11.3 Å². The molecule has 3 aromatic rings. The summed E-state index contributed by atoms with van der Waals surface area (Å²) in [5.41, 5.74) is 8.64. The molecule has 1 aromatic heterocycles. The second-order valence-electron chi connectivity index (χ2n) is 4.64. The Morgan fingerprint density at radius 3 is 2.48 bits per heavy atom. The molecule has 0 radical (unpaired) electrons. The highest BCUT2D eigenvalue weighted by Gasteiger charge is 2.13. The number of carboxylic acid groups (broad SMARTS) is 1. The van der Waals surface area contributed by atoms with Crippen LogP contribution >= 0.6 is 15.9 Å². The Morgan fingerprint density at radius 2 is 1.81 bits per heavy atom. The van der Waals surface area contributed by atoms with Gasteiger partial charge < -0.3 is 10.8 Å². The van der Waals surface area contributed by atoms with Crippen LogP contribution in [0.2, 0.25) is 0 Å². The number of nitrogens with two attached hydrogens (primary N) is 1. The van der Waals surface area contributed by atoms with Crippen LogP contribution in [0.3, 0.4) is 0 Å². The van der Waals surface area contributed by atoms with E-state index in [1.165, 1.54) is 0 Å². The first-order chi connectivity index (χ1) is 10.0. The molecule has 0 saturated carbocycles. The first-order valence-electron chi connectivity index (χ1n) is 6.24. The highest BCUT2D eigenvalue weighted by Crippen LogP contribution is 2.27. The Kier molecular flexibility index (Phi) is 3.35. The van der Waals surface area contributed by atoms with Gasteiger partial charge in [-0.25, -0.2) is 9.78 Å². The number of pyridine rings is 1. The van der Waals surface area contributed by atoms with Crippen molar-refractivity contribution in [2.75, 3.05) is 5.73 Å². The number of nitrogens with zero attached hydrogens (tertiary/aromatic N) is 1. The fraction of sp³-hybridized carbons (Fsp3) is 0. The Balaban J connectivity index is 2.28. The largest absolute Gasteiger partial charge is 0.478 e. The van der Waals surface area contributed by atoms with Crippen LogP contribution in [0.4, 0.5) is 5.69 Å². The molecule has 0 atom stereocenters. The average molecular weight is 343 g/mol. The summed E-state index contributed by atoms with van der Waals surface area (Å²) in [5, 5.41) is 10.0. The number of hydrogen-bond donors (Lipinski definition) is 2. The molecular weight excluding hydrogens is 332 g/mol. The Labute approximate surface area is 129 Å². The number of nitrogen functional groups attached to an aromatic ring is 1. The lowest BCUT2D eigenvalue weighted by atomic mass is 10.0. The fourth-order valence-electron chi connectivity index (χ4n) is 2.18. The third kappa shape index (κ3) is 2.60. The van der Waals surface area contributed by atoms with Crippen molar-refractivity contribution in [1.82, 2.24) is 4.98 Å². The normalized spacial score (nSPS) is 10.7. The average Bonchev–Trinajstić information content (AvgIpc) is 2.46. The van der Waals surface area contributed by atoms with E-state index in [0.717, 1.165) is 10.0 Å². The lowest BCUT2D eigenvalue weighted by molar-refractivity contribution is 0.0699. The highest BCUT2D eigenvalue weighted by molar-refractivity contribution is 9.10. The van der Waals surface area contributed by atoms with Gasteiger partial charge in [-0.3, -0.25) is 0 Å². The van der Waals surface area contributed by atoms with Gasteiger partial charge in [-0.2, -0.15) is 0 Å². The number of aromatic carboxylic acids is 1. The number of rotatable bonds is 2. The predicted molar refractivity (Wildman–Crippen MR) is 86.3 cm³/mol. The van der Waals surface area contributed by atoms with Gasteiger partial charge in [-0.05, 0) is 36.4 Å². The molecule has 4 nitrogen and oxygen atoms in total. The zero-order valence-corrected chi connectivity index (χ0v) is 12.5. The molecule has 0 aliphatic carbocycles. The minimum absolute atomic E-state index is 0.230. The number of benzene rings is 2. The minimum atomic E-state index is -0.975. The van der Waals surface area contributed by atoms with Gasteiger partial charge in [0.2, 0.25) is 0 Å². The van der Waals surface area contributed by atoms with Gasteiger partial charge in [0.15, 0.2) is 0 Å². The van der Waals surface area contributed by atoms with Crippen LogP contribution in [0.25, 0.3) is 22.2 Å². The molecule has 2 aromatic carbocycles. The maximum absolute atomic E-state index is 11.5. The van der Waals surface area contributed by atoms with Crippen molar-refractivity contribution in [3.05, 3.63) is 58.6 Å². The maximum Gasteiger partial charge on any atom is 0.336 e. The third-order valence-corrected chi connectivity index (χ3v) is 3.70. The zero-order valence-electron chi connectivity index (χ0n) is 10.9. The third-order valence-electron chi connectivity index (χ3n) is 3.21. The van der Waals surface area contributed by atoms with E-state index in [4.69, 9.17) is 5.73 Å². The summed E-state index contributed by atoms with van der Waals surface area (Å²) in [4.78, 5) is 16.0. The van der Waals surface area contributed by atoms with Crippen LogP contribution in [0.1, 0.15) is 10.4 Å². The van der Waals surface area contributed by atoms with Crippen molar-refractivity contribution in [2.24, 2.45) is 0 Å². The fourth-order valence-corrected chi connectivity index (χ4v) is 2.54. The van der Waals surface area contributed by atoms with Gasteiger partial charge in [0.1, 0.15) is 0 Å². The first-order valence-corrected chi connectivity index (χ1v) is 7.03. The molecule has 3 N–H and O–H groups in total. The SMILES string of the molecule is Nc1ccc(-c2cc(C(=O)O)c3cc(Br)ccc3n2)cc1. The molecule has 0 aliphatic rings. The number of carboxylic acids is 1. The summed E-state index contributed by atoms with van der Waals surface area (Å²) in [5.74, 6) is -0.975. The van der Waals surface area contributed by atoms with Crippen molar-refractivity contribution in [1.29, 1.82) is 0 Å². The van der Waals surface area contributed by atoms with E-state index >= 15 is 0 Å². The zero-order chi connectivity index (χ0) is 15.0. The van der Waals surface area contributed by atoms with Crippen molar-refractivity contribution in [2.45, 2.75) is 0 Å². The number of fused-ring (bicyclic) bond motifs is 1. The monoisotopic (exact) mass is 342 g/mol. The van der Waals surface area contributed by atoms with E-state index in [1.807, 2.05) is 18.2 Å². The Morgan fingerprint density at radius 1 is 1.10 bits per heavy atom. The molecule has 104 valence electrons. The van der Waals surface area contributed by atoms with E-state index in [2.05, 4.69) is 20.9 Å². The second-order valence-corrected chi connectivity index (χ2v) is 5.56. The summed E-state index contributed by atoms with van der Waals surface area (Å²) >= 11 is 3.35. The van der Waals surface area contributed by atoms with Crippen molar-refractivity contribution in [3.63, 3.8) is 0 Å². The van der Waals surface area contributed by atoms with Gasteiger partial charge in [-0.1, -0.05) is 28.1 Å². The van der Waals surface area contributed by atoms with E-state index in [1.54, 1.807) is 30.3 Å². The number of aromatic nitrogens is 1. The first kappa shape index (κ1) is 13.6. The van der Waals surface area contributed by atoms with Gasteiger partial charge in [-0.15, -0.1) is 0 Å². The molecule has 1 heterocycles. The van der Waals surface area contributed by atoms with Crippen LogP contribution in [0.15, 0.2) is 53.0 Å². The smallest absolute Gasteiger partial charge is 0.336 e. The molecule has 21 heavy (non-hydrogen) atoms. The van der Waals surface area contributed by atoms with Crippen LogP contribution in [-0.4, -0.2) is 16.1 Å². The van der Waals surface area contributed by atoms with E-state index in [-0.39, 0.29) is 5.56 Å². The molecule has 0 fully saturated rings. The van der Waals surface area contributed by atoms with E-state index in [0.29, 0.717) is 22.3 Å². The number of hydrogen-bond acceptors (Lipinski definition) is 3. The molecule has 3 rings (SSSR count). The van der Waals surface area contributed by atoms with Crippen molar-refractivity contribution < 1.29 is 9.90 Å². The molecule has 5 heteroatoms. The molecule has 0 aliphatic heterocycles. The molecule has 0 amide bonds. The summed E-state index contributed by atoms with van der Waals surface area (Å²) in [6, 6.07) is 14.2. The molecule has 0 saturated heterocycles. The summed E-state index contributed by atoms with van der Waals surface area (Å²) in [6.07, 6.45) is 0. The molecule has 0 bridgehead atoms. The lowest BCUT2D eigenvalue weighted by Gasteiger charge is -2.08. The quantitative estimate of drug-likeness (QED) is 0.691. The molecular formula is C16H11BrN2O2. The summed E-state index contributed by atoms with van der Waals surface area (Å²) in [6.45, 7) is 0. The minimum Gasteiger partial charge on any atom is -0.478 e. The van der Waals surface area contributed by atoms with E-state index in [9.17, 15) is 9.90 Å². The van der Waals surface area contributed by atoms with Crippen molar-refractivity contribution >= 4 is 38.5 Å². The van der Waals surface area contributed by atoms with Crippen LogP contribution in [0.5, 0.6) is 0 Å². The Bertz CT molecular complexity index is 845. The van der Waals surface area contributed by atoms with E-state index < -0.39 is 5.97 Å². The van der Waals surface area contributed by atoms with Gasteiger partial charge in [0.05, 0.1) is 16.8 Å². The molecule has 0 unspecified atom stereocenters. The number of carbonyl (C=O) groups is 1. The van der Waals surface area contributed by atoms with Gasteiger partial charge >= 0.3 is 5.97 Å². The van der Waals surface area contributed by atoms with Gasteiger partial charge in [0, 0.05) is 21.1 Å². The van der Waals surface area contributed by atoms with Crippen LogP contribution in [-0.2, 0) is 0 Å². The lowest BCUT2D eigenvalue weighted by Crippen LogP contribution is -2.00. The topological polar surface area (TPSA) is 76.2 Å². The van der Waals surface area contributed by atoms with Crippen LogP contribution < -0.4 is 5.73 Å². The molecule has 0 spiro atoms. The summed E-state index contributed by atoms with van der Waals surface area (Å²) < 4.78 is 0.819. The second kappa shape index (κ2) is 5.18. The Hall–Kier alpha value is -2.40. The van der Waals surface area contributed by atoms with Gasteiger partial charge in [0.25, 0.3) is 0 Å². The predicted octanol–water partition coefficient (Wildman–Crippen LogP) is 3.94. The number of halogens is 1. The summed E-state index contributed by atoms with van der Waals surface area (Å²) in [7, 11) is 0. The number of anilines is 1.